The highest BCUT2D eigenvalue weighted by atomic mass is 32.2. The molecule has 0 radical (unpaired) electrons. The van der Waals surface area contributed by atoms with E-state index >= 15 is 0 Å². The summed E-state index contributed by atoms with van der Waals surface area (Å²) in [5.74, 6) is 1.30. The summed E-state index contributed by atoms with van der Waals surface area (Å²) in [6.45, 7) is 12.3. The van der Waals surface area contributed by atoms with Crippen molar-refractivity contribution in [2.75, 3.05) is 25.9 Å². The molecule has 5 aromatic rings. The van der Waals surface area contributed by atoms with Gasteiger partial charge in [0.2, 0.25) is 10.0 Å². The molecule has 0 spiro atoms. The van der Waals surface area contributed by atoms with Crippen LogP contribution in [-0.2, 0) is 19.5 Å². The molecule has 3 atom stereocenters. The fourth-order valence-corrected chi connectivity index (χ4v) is 7.99. The molecule has 3 N–H and O–H groups in total. The molecule has 14 heteroatoms. The van der Waals surface area contributed by atoms with Crippen molar-refractivity contribution in [1.29, 1.82) is 0 Å². The molecule has 2 saturated heterocycles. The van der Waals surface area contributed by atoms with Crippen molar-refractivity contribution in [1.82, 2.24) is 34.5 Å². The number of nitrogens with one attached hydrogen (secondary N) is 3. The number of H-pyrrole nitrogens is 2. The second kappa shape index (κ2) is 15.0. The number of nitrogens with zero attached hydrogens (tertiary/aromatic N) is 4. The zero-order valence-electron chi connectivity index (χ0n) is 33.0. The Morgan fingerprint density at radius 2 is 1.27 bits per heavy atom. The van der Waals surface area contributed by atoms with Gasteiger partial charge in [-0.2, -0.15) is 0 Å². The molecule has 0 saturated carbocycles. The quantitative estimate of drug-likeness (QED) is 0.142. The van der Waals surface area contributed by atoms with Crippen LogP contribution in [0.25, 0.3) is 44.4 Å². The number of hydrogen-bond donors (Lipinski definition) is 3. The molecule has 0 bridgehead atoms. The second-order valence-corrected chi connectivity index (χ2v) is 18.8. The van der Waals surface area contributed by atoms with Crippen LogP contribution < -0.4 is 4.72 Å². The van der Waals surface area contributed by atoms with E-state index in [1.54, 1.807) is 16.0 Å². The van der Waals surface area contributed by atoms with Gasteiger partial charge < -0.3 is 19.4 Å². The van der Waals surface area contributed by atoms with Gasteiger partial charge in [-0.25, -0.2) is 32.7 Å². The first-order valence-electron chi connectivity index (χ1n) is 19.1. The van der Waals surface area contributed by atoms with Crippen molar-refractivity contribution in [2.45, 2.75) is 84.1 Å². The maximum Gasteiger partial charge on any atom is 0.410 e. The number of fused-ring (bicyclic) bond motifs is 1. The number of hydrogen-bond acceptors (Lipinski definition) is 8. The summed E-state index contributed by atoms with van der Waals surface area (Å²) in [5.41, 5.74) is 4.59. The predicted octanol–water partition coefficient (Wildman–Crippen LogP) is 8.21. The number of sulfonamides is 1. The van der Waals surface area contributed by atoms with Gasteiger partial charge >= 0.3 is 12.2 Å². The molecular weight excluding hydrogens is 731 g/mol. The number of aromatic amines is 2. The molecule has 2 amide bonds. The fourth-order valence-electron chi connectivity index (χ4n) is 7.45. The van der Waals surface area contributed by atoms with Crippen molar-refractivity contribution in [3.63, 3.8) is 0 Å². The number of amides is 2. The van der Waals surface area contributed by atoms with E-state index < -0.39 is 27.3 Å². The van der Waals surface area contributed by atoms with Crippen molar-refractivity contribution in [3.05, 3.63) is 84.7 Å². The van der Waals surface area contributed by atoms with Gasteiger partial charge in [-0.15, -0.1) is 0 Å². The number of imidazole rings is 2. The van der Waals surface area contributed by atoms with Gasteiger partial charge in [0, 0.05) is 25.2 Å². The predicted molar refractivity (Wildman–Crippen MR) is 216 cm³/mol. The first-order valence-corrected chi connectivity index (χ1v) is 21.0. The lowest BCUT2D eigenvalue weighted by molar-refractivity contribution is 0.0206. The lowest BCUT2D eigenvalue weighted by Gasteiger charge is -2.27. The molecule has 296 valence electrons. The number of aromatic nitrogens is 4. The first-order chi connectivity index (χ1) is 26.4. The van der Waals surface area contributed by atoms with Crippen LogP contribution >= 0.6 is 0 Å². The van der Waals surface area contributed by atoms with E-state index in [0.29, 0.717) is 25.3 Å². The van der Waals surface area contributed by atoms with Gasteiger partial charge in [0.05, 0.1) is 42.1 Å². The van der Waals surface area contributed by atoms with Gasteiger partial charge in [0.1, 0.15) is 22.9 Å². The Labute approximate surface area is 328 Å². The van der Waals surface area contributed by atoms with Crippen LogP contribution in [0.4, 0.5) is 9.59 Å². The van der Waals surface area contributed by atoms with E-state index in [0.717, 1.165) is 69.3 Å². The highest BCUT2D eigenvalue weighted by Gasteiger charge is 2.40. The molecule has 2 aliphatic rings. The van der Waals surface area contributed by atoms with Crippen LogP contribution in [0.3, 0.4) is 0 Å². The van der Waals surface area contributed by atoms with Gasteiger partial charge in [0.15, 0.2) is 0 Å². The van der Waals surface area contributed by atoms with Crippen molar-refractivity contribution < 1.29 is 27.5 Å². The third kappa shape index (κ3) is 9.08. The molecule has 2 fully saturated rings. The molecule has 56 heavy (non-hydrogen) atoms. The number of ether oxygens (including phenoxy) is 2. The Morgan fingerprint density at radius 1 is 0.750 bits per heavy atom. The van der Waals surface area contributed by atoms with Gasteiger partial charge in [-0.3, -0.25) is 9.80 Å². The molecule has 0 aliphatic carbocycles. The molecule has 4 heterocycles. The number of benzene rings is 3. The SMILES string of the molecule is CC(C)(C)OC(=O)N1CCC[C@H]1c1ncc(-c2ccc3cc(-c4ccc(-c5cnc([C@@H]6C[C@H](CNS(C)(=O)=O)CN6C(=O)OC(C)(C)C)[nH]5)cc4)ccc3c2)[nH]1. The first kappa shape index (κ1) is 39.0. The highest BCUT2D eigenvalue weighted by Crippen LogP contribution is 2.37. The van der Waals surface area contributed by atoms with Crippen molar-refractivity contribution >= 4 is 33.0 Å². The Morgan fingerprint density at radius 3 is 1.88 bits per heavy atom. The molecular formula is C42H51N7O6S. The topological polar surface area (TPSA) is 163 Å². The van der Waals surface area contributed by atoms with E-state index in [4.69, 9.17) is 9.47 Å². The van der Waals surface area contributed by atoms with E-state index in [1.807, 2.05) is 59.9 Å². The highest BCUT2D eigenvalue weighted by molar-refractivity contribution is 7.88. The fraction of sp³-hybridized carbons (Fsp3) is 0.429. The van der Waals surface area contributed by atoms with E-state index in [1.165, 1.54) is 0 Å². The van der Waals surface area contributed by atoms with Crippen LogP contribution in [-0.4, -0.2) is 87.4 Å². The summed E-state index contributed by atoms with van der Waals surface area (Å²) >= 11 is 0. The second-order valence-electron chi connectivity index (χ2n) is 16.9. The maximum absolute atomic E-state index is 13.2. The Kier molecular flexibility index (Phi) is 10.5. The third-order valence-corrected chi connectivity index (χ3v) is 10.7. The zero-order valence-corrected chi connectivity index (χ0v) is 33.9. The van der Waals surface area contributed by atoms with Crippen LogP contribution in [0, 0.1) is 5.92 Å². The minimum absolute atomic E-state index is 0.0951. The molecule has 13 nitrogen and oxygen atoms in total. The van der Waals surface area contributed by atoms with Crippen LogP contribution in [0.1, 0.15) is 84.5 Å². The molecule has 3 aromatic carbocycles. The molecule has 0 unspecified atom stereocenters. The largest absolute Gasteiger partial charge is 0.444 e. The van der Waals surface area contributed by atoms with Gasteiger partial charge in [-0.05, 0) is 106 Å². The minimum Gasteiger partial charge on any atom is -0.444 e. The number of carbonyl (C=O) groups is 2. The standard InChI is InChI=1S/C42H51N7O6S/c1-41(2,3)54-39(50)48-18-8-9-35(48)37-43-24-34(47-37)32-17-16-30-20-29(14-15-31(30)21-32)27-10-12-28(13-11-27)33-23-44-38(46-33)36-19-26(22-45-56(7,52)53)25-49(36)40(51)55-42(4,5)6/h10-17,20-21,23-24,26,35-36,45H,8-9,18-19,22,25H2,1-7H3,(H,43,47)(H,44,46)/t26-,35+,36+/m1/s1. The van der Waals surface area contributed by atoms with Crippen LogP contribution in [0.2, 0.25) is 0 Å². The Bertz CT molecular complexity index is 2340. The summed E-state index contributed by atoms with van der Waals surface area (Å²) in [7, 11) is -3.37. The molecule has 2 aromatic heterocycles. The lowest BCUT2D eigenvalue weighted by atomic mass is 9.98. The third-order valence-electron chi connectivity index (χ3n) is 10.0. The monoisotopic (exact) mass is 781 g/mol. The van der Waals surface area contributed by atoms with Crippen molar-refractivity contribution in [3.8, 4) is 33.6 Å². The summed E-state index contributed by atoms with van der Waals surface area (Å²) < 4.78 is 37.5. The smallest absolute Gasteiger partial charge is 0.410 e. The average Bonchev–Trinajstić information content (AvgIpc) is 3.94. The van der Waals surface area contributed by atoms with Gasteiger partial charge in [0.25, 0.3) is 0 Å². The number of rotatable bonds is 8. The van der Waals surface area contributed by atoms with Crippen molar-refractivity contribution in [2.24, 2.45) is 5.92 Å². The summed E-state index contributed by atoms with van der Waals surface area (Å²) in [6.07, 6.45) is 6.23. The Hall–Kier alpha value is -5.21. The van der Waals surface area contributed by atoms with E-state index in [2.05, 4.69) is 73.2 Å². The van der Waals surface area contributed by atoms with E-state index in [-0.39, 0.29) is 30.6 Å². The molecule has 2 aliphatic heterocycles. The van der Waals surface area contributed by atoms with Crippen LogP contribution in [0.5, 0.6) is 0 Å². The average molecular weight is 782 g/mol. The van der Waals surface area contributed by atoms with Crippen LogP contribution in [0.15, 0.2) is 73.1 Å². The summed E-state index contributed by atoms with van der Waals surface area (Å²) in [5, 5.41) is 2.21. The van der Waals surface area contributed by atoms with E-state index in [9.17, 15) is 18.0 Å². The summed E-state index contributed by atoms with van der Waals surface area (Å²) in [4.78, 5) is 45.7. The number of carbonyl (C=O) groups excluding carboxylic acids is 2. The minimum atomic E-state index is -3.37. The lowest BCUT2D eigenvalue weighted by Crippen LogP contribution is -2.38. The zero-order chi connectivity index (χ0) is 40.0. The van der Waals surface area contributed by atoms with Gasteiger partial charge in [-0.1, -0.05) is 48.5 Å². The normalized spacial score (nSPS) is 19.2. The number of likely N-dealkylation sites (tertiary alicyclic amines) is 2. The maximum atomic E-state index is 13.2. The summed E-state index contributed by atoms with van der Waals surface area (Å²) in [6, 6.07) is 20.5. The Balaban J connectivity index is 1.04. The molecule has 7 rings (SSSR count).